The molecule has 0 aromatic carbocycles. The SMILES string of the molecule is COC1=CC=C(c2cnn(C)c2)C2N=C(NC=O)NC12. The van der Waals surface area contributed by atoms with Crippen molar-refractivity contribution in [1.82, 2.24) is 20.4 Å². The number of nitrogens with one attached hydrogen (secondary N) is 2. The second-order valence-corrected chi connectivity index (χ2v) is 4.60. The molecule has 2 aliphatic rings. The van der Waals surface area contributed by atoms with E-state index in [1.54, 1.807) is 18.0 Å². The van der Waals surface area contributed by atoms with Gasteiger partial charge in [-0.2, -0.15) is 5.10 Å². The molecule has 2 atom stereocenters. The van der Waals surface area contributed by atoms with Gasteiger partial charge in [0.2, 0.25) is 6.41 Å². The average Bonchev–Trinajstić information content (AvgIpc) is 3.04. The van der Waals surface area contributed by atoms with Crippen molar-refractivity contribution in [3.8, 4) is 0 Å². The highest BCUT2D eigenvalue weighted by molar-refractivity contribution is 5.93. The van der Waals surface area contributed by atoms with Gasteiger partial charge in [-0.25, -0.2) is 4.99 Å². The first-order valence-electron chi connectivity index (χ1n) is 6.22. The van der Waals surface area contributed by atoms with E-state index >= 15 is 0 Å². The number of aryl methyl sites for hydroxylation is 1. The number of ether oxygens (including phenoxy) is 1. The molecule has 1 aromatic heterocycles. The maximum absolute atomic E-state index is 10.6. The van der Waals surface area contributed by atoms with Gasteiger partial charge in [-0.1, -0.05) is 6.08 Å². The zero-order valence-electron chi connectivity index (χ0n) is 11.2. The Labute approximate surface area is 116 Å². The number of aromatic nitrogens is 2. The molecule has 1 aliphatic carbocycles. The summed E-state index contributed by atoms with van der Waals surface area (Å²) >= 11 is 0. The topological polar surface area (TPSA) is 80.5 Å². The van der Waals surface area contributed by atoms with Crippen LogP contribution < -0.4 is 10.6 Å². The van der Waals surface area contributed by atoms with Crippen molar-refractivity contribution in [2.45, 2.75) is 12.1 Å². The van der Waals surface area contributed by atoms with E-state index in [9.17, 15) is 4.79 Å². The number of fused-ring (bicyclic) bond motifs is 1. The van der Waals surface area contributed by atoms with Crippen LogP contribution in [-0.4, -0.2) is 41.3 Å². The van der Waals surface area contributed by atoms with Crippen LogP contribution >= 0.6 is 0 Å². The second kappa shape index (κ2) is 4.84. The van der Waals surface area contributed by atoms with Crippen molar-refractivity contribution in [2.24, 2.45) is 12.0 Å². The van der Waals surface area contributed by atoms with Gasteiger partial charge in [0.05, 0.1) is 13.3 Å². The normalized spacial score (nSPS) is 24.0. The first-order chi connectivity index (χ1) is 9.72. The largest absolute Gasteiger partial charge is 0.499 e. The Bertz CT molecular complexity index is 628. The molecule has 2 unspecified atom stereocenters. The van der Waals surface area contributed by atoms with Crippen LogP contribution in [0.3, 0.4) is 0 Å². The van der Waals surface area contributed by atoms with E-state index in [0.29, 0.717) is 12.4 Å². The van der Waals surface area contributed by atoms with E-state index in [2.05, 4.69) is 20.7 Å². The molecule has 0 saturated heterocycles. The number of amides is 1. The fraction of sp³-hybridized carbons (Fsp3) is 0.308. The summed E-state index contributed by atoms with van der Waals surface area (Å²) in [6.45, 7) is 0. The number of carbonyl (C=O) groups is 1. The Morgan fingerprint density at radius 1 is 1.50 bits per heavy atom. The number of hydrogen-bond donors (Lipinski definition) is 2. The van der Waals surface area contributed by atoms with E-state index in [1.807, 2.05) is 25.4 Å². The van der Waals surface area contributed by atoms with Gasteiger partial charge < -0.3 is 10.1 Å². The maximum atomic E-state index is 10.6. The zero-order valence-corrected chi connectivity index (χ0v) is 11.2. The van der Waals surface area contributed by atoms with Crippen LogP contribution in [0.25, 0.3) is 5.57 Å². The molecule has 1 aliphatic heterocycles. The van der Waals surface area contributed by atoms with Gasteiger partial charge in [0, 0.05) is 18.8 Å². The molecule has 3 rings (SSSR count). The molecule has 7 nitrogen and oxygen atoms in total. The first kappa shape index (κ1) is 12.5. The minimum Gasteiger partial charge on any atom is -0.499 e. The minimum atomic E-state index is -0.137. The quantitative estimate of drug-likeness (QED) is 0.747. The lowest BCUT2D eigenvalue weighted by Gasteiger charge is -2.25. The predicted molar refractivity (Wildman–Crippen MR) is 73.6 cm³/mol. The summed E-state index contributed by atoms with van der Waals surface area (Å²) in [4.78, 5) is 15.1. The van der Waals surface area contributed by atoms with Crippen LogP contribution in [0.4, 0.5) is 0 Å². The summed E-state index contributed by atoms with van der Waals surface area (Å²) in [5, 5.41) is 9.88. The molecule has 104 valence electrons. The van der Waals surface area contributed by atoms with Crippen molar-refractivity contribution >= 4 is 17.9 Å². The Hall–Kier alpha value is -2.57. The lowest BCUT2D eigenvalue weighted by Crippen LogP contribution is -2.42. The molecule has 7 heteroatoms. The molecular weight excluding hydrogens is 258 g/mol. The second-order valence-electron chi connectivity index (χ2n) is 4.60. The summed E-state index contributed by atoms with van der Waals surface area (Å²) in [6, 6.07) is -0.246. The van der Waals surface area contributed by atoms with Gasteiger partial charge in [-0.05, 0) is 11.6 Å². The molecule has 0 spiro atoms. The fourth-order valence-corrected chi connectivity index (χ4v) is 2.49. The third-order valence-corrected chi connectivity index (χ3v) is 3.40. The van der Waals surface area contributed by atoms with Gasteiger partial charge >= 0.3 is 0 Å². The average molecular weight is 273 g/mol. The highest BCUT2D eigenvalue weighted by Crippen LogP contribution is 2.32. The molecule has 0 radical (unpaired) electrons. The van der Waals surface area contributed by atoms with Crippen molar-refractivity contribution < 1.29 is 9.53 Å². The van der Waals surface area contributed by atoms with Crippen LogP contribution in [-0.2, 0) is 16.6 Å². The van der Waals surface area contributed by atoms with Crippen LogP contribution in [0.1, 0.15) is 5.56 Å². The number of guanidine groups is 1. The van der Waals surface area contributed by atoms with Crippen LogP contribution in [0.2, 0.25) is 0 Å². The van der Waals surface area contributed by atoms with Crippen LogP contribution in [0.15, 0.2) is 35.3 Å². The number of allylic oxidation sites excluding steroid dienone is 2. The molecule has 2 N–H and O–H groups in total. The third-order valence-electron chi connectivity index (χ3n) is 3.40. The lowest BCUT2D eigenvalue weighted by molar-refractivity contribution is -0.108. The number of nitrogens with zero attached hydrogens (tertiary/aromatic N) is 3. The van der Waals surface area contributed by atoms with Gasteiger partial charge in [-0.3, -0.25) is 14.8 Å². The number of hydrogen-bond acceptors (Lipinski definition) is 5. The lowest BCUT2D eigenvalue weighted by atomic mass is 9.90. The Morgan fingerprint density at radius 3 is 3.00 bits per heavy atom. The van der Waals surface area contributed by atoms with Crippen LogP contribution in [0.5, 0.6) is 0 Å². The summed E-state index contributed by atoms with van der Waals surface area (Å²) in [5.41, 5.74) is 2.05. The molecule has 1 amide bonds. The Morgan fingerprint density at radius 2 is 2.35 bits per heavy atom. The summed E-state index contributed by atoms with van der Waals surface area (Å²) in [5.74, 6) is 1.24. The monoisotopic (exact) mass is 273 g/mol. The molecule has 2 heterocycles. The zero-order chi connectivity index (χ0) is 14.1. The summed E-state index contributed by atoms with van der Waals surface area (Å²) in [7, 11) is 3.49. The number of rotatable bonds is 3. The Kier molecular flexibility index (Phi) is 3.02. The van der Waals surface area contributed by atoms with E-state index in [4.69, 9.17) is 4.74 Å². The van der Waals surface area contributed by atoms with Gasteiger partial charge in [0.25, 0.3) is 0 Å². The highest BCUT2D eigenvalue weighted by Gasteiger charge is 2.37. The fourth-order valence-electron chi connectivity index (χ4n) is 2.49. The van der Waals surface area contributed by atoms with Crippen molar-refractivity contribution in [3.63, 3.8) is 0 Å². The third kappa shape index (κ3) is 1.97. The number of methoxy groups -OCH3 is 1. The molecular formula is C13H15N5O2. The standard InChI is InChI=1S/C13H15N5O2/c1-18-6-8(5-15-18)9-3-4-10(20-2)12-11(9)16-13(17-12)14-7-19/h3-7,11-12H,1-2H3,(H2,14,16,17,19). The summed E-state index contributed by atoms with van der Waals surface area (Å²) < 4.78 is 7.11. The Balaban J connectivity index is 1.98. The minimum absolute atomic E-state index is 0.109. The predicted octanol–water partition coefficient (Wildman–Crippen LogP) is -0.210. The van der Waals surface area contributed by atoms with Gasteiger partial charge in [-0.15, -0.1) is 0 Å². The first-order valence-corrected chi connectivity index (χ1v) is 6.22. The highest BCUT2D eigenvalue weighted by atomic mass is 16.5. The smallest absolute Gasteiger partial charge is 0.213 e. The molecule has 0 fully saturated rings. The molecule has 20 heavy (non-hydrogen) atoms. The maximum Gasteiger partial charge on any atom is 0.213 e. The van der Waals surface area contributed by atoms with E-state index in [0.717, 1.165) is 16.9 Å². The summed E-state index contributed by atoms with van der Waals surface area (Å²) in [6.07, 6.45) is 8.24. The van der Waals surface area contributed by atoms with Gasteiger partial charge in [0.1, 0.15) is 17.8 Å². The van der Waals surface area contributed by atoms with Crippen molar-refractivity contribution in [2.75, 3.05) is 7.11 Å². The van der Waals surface area contributed by atoms with E-state index in [1.165, 1.54) is 0 Å². The van der Waals surface area contributed by atoms with E-state index < -0.39 is 0 Å². The van der Waals surface area contributed by atoms with Crippen molar-refractivity contribution in [3.05, 3.63) is 35.9 Å². The molecule has 0 saturated carbocycles. The number of aliphatic imine (C=N–C) groups is 1. The number of carbonyl (C=O) groups excluding carboxylic acids is 1. The molecule has 1 aromatic rings. The van der Waals surface area contributed by atoms with Crippen LogP contribution in [0, 0.1) is 0 Å². The molecule has 0 bridgehead atoms. The van der Waals surface area contributed by atoms with Crippen molar-refractivity contribution in [1.29, 1.82) is 0 Å². The van der Waals surface area contributed by atoms with Gasteiger partial charge in [0.15, 0.2) is 5.96 Å². The van der Waals surface area contributed by atoms with E-state index in [-0.39, 0.29) is 12.1 Å².